The lowest BCUT2D eigenvalue weighted by molar-refractivity contribution is 0.0921. The smallest absolute Gasteiger partial charge is 0.253 e. The monoisotopic (exact) mass is 285 g/mol. The van der Waals surface area contributed by atoms with Crippen molar-refractivity contribution in [3.8, 4) is 0 Å². The summed E-state index contributed by atoms with van der Waals surface area (Å²) >= 11 is 11.8. The number of hydrogen-bond donors (Lipinski definition) is 1. The Bertz CT molecular complexity index is 447. The van der Waals surface area contributed by atoms with Gasteiger partial charge in [-0.2, -0.15) is 0 Å². The zero-order valence-electron chi connectivity index (χ0n) is 10.4. The molecule has 1 aliphatic carbocycles. The average Bonchev–Trinajstić information content (AvgIpc) is 2.28. The Kier molecular flexibility index (Phi) is 4.52. The van der Waals surface area contributed by atoms with Crippen molar-refractivity contribution in [3.63, 3.8) is 0 Å². The highest BCUT2D eigenvalue weighted by Crippen LogP contribution is 2.25. The predicted octanol–water partition coefficient (Wildman–Crippen LogP) is 4.30. The normalized spacial score (nSPS) is 23.7. The average molecular weight is 286 g/mol. The third-order valence-electron chi connectivity index (χ3n) is 3.45. The van der Waals surface area contributed by atoms with Crippen molar-refractivity contribution in [2.45, 2.75) is 38.6 Å². The number of hydrogen-bond acceptors (Lipinski definition) is 1. The van der Waals surface area contributed by atoms with Gasteiger partial charge >= 0.3 is 0 Å². The van der Waals surface area contributed by atoms with Crippen LogP contribution in [0, 0.1) is 5.92 Å². The maximum absolute atomic E-state index is 12.1. The molecule has 0 saturated heterocycles. The molecular formula is C14H17Cl2NO. The van der Waals surface area contributed by atoms with Gasteiger partial charge in [0, 0.05) is 11.1 Å². The molecule has 4 heteroatoms. The fourth-order valence-corrected chi connectivity index (χ4v) is 3.00. The van der Waals surface area contributed by atoms with E-state index in [0.29, 0.717) is 21.5 Å². The van der Waals surface area contributed by atoms with E-state index in [1.165, 1.54) is 12.8 Å². The van der Waals surface area contributed by atoms with Crippen LogP contribution >= 0.6 is 23.2 Å². The summed E-state index contributed by atoms with van der Waals surface area (Å²) in [7, 11) is 0. The first-order valence-corrected chi connectivity index (χ1v) is 7.08. The van der Waals surface area contributed by atoms with Gasteiger partial charge in [0.15, 0.2) is 0 Å². The van der Waals surface area contributed by atoms with Gasteiger partial charge in [-0.3, -0.25) is 4.79 Å². The van der Waals surface area contributed by atoms with Crippen LogP contribution in [0.5, 0.6) is 0 Å². The highest BCUT2D eigenvalue weighted by molar-refractivity contribution is 6.36. The molecule has 0 radical (unpaired) electrons. The summed E-state index contributed by atoms with van der Waals surface area (Å²) in [6, 6.07) is 5.23. The molecule has 0 unspecified atom stereocenters. The molecular weight excluding hydrogens is 269 g/mol. The topological polar surface area (TPSA) is 29.1 Å². The molecule has 1 fully saturated rings. The third-order valence-corrected chi connectivity index (χ3v) is 4.00. The Balaban J connectivity index is 2.03. The molecule has 2 nitrogen and oxygen atoms in total. The fourth-order valence-electron chi connectivity index (χ4n) is 2.50. The lowest BCUT2D eigenvalue weighted by Gasteiger charge is -2.27. The van der Waals surface area contributed by atoms with Crippen LogP contribution < -0.4 is 5.32 Å². The van der Waals surface area contributed by atoms with E-state index in [1.807, 2.05) is 0 Å². The number of benzene rings is 1. The Morgan fingerprint density at radius 3 is 2.78 bits per heavy atom. The lowest BCUT2D eigenvalue weighted by Crippen LogP contribution is -2.38. The Morgan fingerprint density at radius 1 is 1.33 bits per heavy atom. The van der Waals surface area contributed by atoms with Crippen LogP contribution in [0.25, 0.3) is 0 Å². The molecule has 0 spiro atoms. The maximum Gasteiger partial charge on any atom is 0.253 e. The van der Waals surface area contributed by atoms with Crippen LogP contribution in [-0.2, 0) is 0 Å². The van der Waals surface area contributed by atoms with E-state index in [4.69, 9.17) is 23.2 Å². The molecule has 18 heavy (non-hydrogen) atoms. The van der Waals surface area contributed by atoms with Gasteiger partial charge in [0.25, 0.3) is 5.91 Å². The lowest BCUT2D eigenvalue weighted by atomic mass is 9.87. The molecule has 2 rings (SSSR count). The molecule has 0 heterocycles. The van der Waals surface area contributed by atoms with Gasteiger partial charge in [0.1, 0.15) is 0 Å². The maximum atomic E-state index is 12.1. The van der Waals surface area contributed by atoms with Crippen LogP contribution in [0.15, 0.2) is 18.2 Å². The molecule has 1 aliphatic rings. The standard InChI is InChI=1S/C14H17Cl2NO/c1-9-3-2-4-11(7-9)17-14(18)12-6-5-10(15)8-13(12)16/h5-6,8-9,11H,2-4,7H2,1H3,(H,17,18)/t9-,11-/m0/s1. The quantitative estimate of drug-likeness (QED) is 0.862. The minimum Gasteiger partial charge on any atom is -0.349 e. The first kappa shape index (κ1) is 13.7. The summed E-state index contributed by atoms with van der Waals surface area (Å²) in [6.45, 7) is 2.23. The van der Waals surface area contributed by atoms with Crippen LogP contribution in [0.3, 0.4) is 0 Å². The van der Waals surface area contributed by atoms with Gasteiger partial charge in [-0.1, -0.05) is 43.0 Å². The molecule has 1 N–H and O–H groups in total. The number of amides is 1. The van der Waals surface area contributed by atoms with Crippen molar-refractivity contribution in [3.05, 3.63) is 33.8 Å². The van der Waals surface area contributed by atoms with Crippen LogP contribution in [-0.4, -0.2) is 11.9 Å². The summed E-state index contributed by atoms with van der Waals surface area (Å²) in [5.74, 6) is 0.584. The van der Waals surface area contributed by atoms with E-state index in [1.54, 1.807) is 18.2 Å². The molecule has 0 aromatic heterocycles. The molecule has 98 valence electrons. The first-order chi connectivity index (χ1) is 8.56. The van der Waals surface area contributed by atoms with E-state index < -0.39 is 0 Å². The Morgan fingerprint density at radius 2 is 2.11 bits per heavy atom. The van der Waals surface area contributed by atoms with E-state index >= 15 is 0 Å². The van der Waals surface area contributed by atoms with Gasteiger partial charge in [-0.15, -0.1) is 0 Å². The summed E-state index contributed by atoms with van der Waals surface area (Å²) in [4.78, 5) is 12.1. The Hall–Kier alpha value is -0.730. The number of halogens is 2. The van der Waals surface area contributed by atoms with Crippen molar-refractivity contribution in [1.82, 2.24) is 5.32 Å². The fraction of sp³-hybridized carbons (Fsp3) is 0.500. The van der Waals surface area contributed by atoms with E-state index in [9.17, 15) is 4.79 Å². The van der Waals surface area contributed by atoms with Gasteiger partial charge in [0.05, 0.1) is 10.6 Å². The highest BCUT2D eigenvalue weighted by Gasteiger charge is 2.21. The minimum atomic E-state index is -0.101. The summed E-state index contributed by atoms with van der Waals surface area (Å²) in [5.41, 5.74) is 0.499. The van der Waals surface area contributed by atoms with E-state index in [2.05, 4.69) is 12.2 Å². The third kappa shape index (κ3) is 3.39. The number of carbonyl (C=O) groups is 1. The van der Waals surface area contributed by atoms with Crippen molar-refractivity contribution in [2.24, 2.45) is 5.92 Å². The van der Waals surface area contributed by atoms with Gasteiger partial charge in [-0.05, 0) is 37.0 Å². The van der Waals surface area contributed by atoms with Crippen molar-refractivity contribution < 1.29 is 4.79 Å². The summed E-state index contributed by atoms with van der Waals surface area (Å²) in [5, 5.41) is 4.01. The molecule has 1 aromatic carbocycles. The minimum absolute atomic E-state index is 0.101. The highest BCUT2D eigenvalue weighted by atomic mass is 35.5. The van der Waals surface area contributed by atoms with E-state index in [-0.39, 0.29) is 11.9 Å². The molecule has 0 aliphatic heterocycles. The zero-order valence-corrected chi connectivity index (χ0v) is 11.9. The second-order valence-corrected chi connectivity index (χ2v) is 5.91. The zero-order chi connectivity index (χ0) is 13.1. The first-order valence-electron chi connectivity index (χ1n) is 6.32. The van der Waals surface area contributed by atoms with Crippen LogP contribution in [0.2, 0.25) is 10.0 Å². The summed E-state index contributed by atoms with van der Waals surface area (Å²) < 4.78 is 0. The number of nitrogens with one attached hydrogen (secondary N) is 1. The molecule has 1 aromatic rings. The van der Waals surface area contributed by atoms with Crippen LogP contribution in [0.4, 0.5) is 0 Å². The second-order valence-electron chi connectivity index (χ2n) is 5.07. The molecule has 0 bridgehead atoms. The Labute approximate surface area is 118 Å². The van der Waals surface area contributed by atoms with Gasteiger partial charge < -0.3 is 5.32 Å². The second kappa shape index (κ2) is 5.94. The van der Waals surface area contributed by atoms with Crippen molar-refractivity contribution >= 4 is 29.1 Å². The molecule has 1 saturated carbocycles. The number of carbonyl (C=O) groups excluding carboxylic acids is 1. The van der Waals surface area contributed by atoms with E-state index in [0.717, 1.165) is 12.8 Å². The molecule has 1 amide bonds. The van der Waals surface area contributed by atoms with Crippen molar-refractivity contribution in [1.29, 1.82) is 0 Å². The summed E-state index contributed by atoms with van der Waals surface area (Å²) in [6.07, 6.45) is 4.55. The van der Waals surface area contributed by atoms with Gasteiger partial charge in [0.2, 0.25) is 0 Å². The van der Waals surface area contributed by atoms with Crippen LogP contribution in [0.1, 0.15) is 43.0 Å². The van der Waals surface area contributed by atoms with Gasteiger partial charge in [-0.25, -0.2) is 0 Å². The number of rotatable bonds is 2. The van der Waals surface area contributed by atoms with Crippen molar-refractivity contribution in [2.75, 3.05) is 0 Å². The SMILES string of the molecule is C[C@H]1CCC[C@H](NC(=O)c2ccc(Cl)cc2Cl)C1. The largest absolute Gasteiger partial charge is 0.349 e. The predicted molar refractivity (Wildman–Crippen MR) is 75.3 cm³/mol. The molecule has 2 atom stereocenters.